The van der Waals surface area contributed by atoms with E-state index in [4.69, 9.17) is 4.74 Å². The summed E-state index contributed by atoms with van der Waals surface area (Å²) in [6.07, 6.45) is 2.62. The molecule has 2 unspecified atom stereocenters. The summed E-state index contributed by atoms with van der Waals surface area (Å²) in [4.78, 5) is 2.75. The first-order chi connectivity index (χ1) is 7.38. The van der Waals surface area contributed by atoms with Crippen LogP contribution in [0.4, 0.5) is 0 Å². The van der Waals surface area contributed by atoms with Gasteiger partial charge in [-0.1, -0.05) is 0 Å². The first kappa shape index (κ1) is 8.97. The van der Waals surface area contributed by atoms with E-state index in [0.717, 1.165) is 31.1 Å². The van der Waals surface area contributed by atoms with E-state index in [1.54, 1.807) is 0 Å². The van der Waals surface area contributed by atoms with E-state index >= 15 is 0 Å². The summed E-state index contributed by atoms with van der Waals surface area (Å²) >= 11 is 0. The summed E-state index contributed by atoms with van der Waals surface area (Å²) in [6, 6.07) is 0.958. The van der Waals surface area contributed by atoms with Crippen molar-refractivity contribution in [2.24, 2.45) is 17.3 Å². The van der Waals surface area contributed by atoms with E-state index in [1.165, 1.54) is 39.0 Å². The Morgan fingerprint density at radius 1 is 1.07 bits per heavy atom. The van der Waals surface area contributed by atoms with Gasteiger partial charge in [0.1, 0.15) is 0 Å². The number of piperidine rings is 1. The van der Waals surface area contributed by atoms with Crippen LogP contribution >= 0.6 is 0 Å². The van der Waals surface area contributed by atoms with Gasteiger partial charge in [-0.05, 0) is 37.8 Å². The molecular weight excluding hydrogens is 188 g/mol. The fourth-order valence-electron chi connectivity index (χ4n) is 4.07. The molecule has 4 aliphatic rings. The number of hydrogen-bond acceptors (Lipinski definition) is 3. The number of likely N-dealkylation sites (tertiary alicyclic amines) is 1. The third-order valence-electron chi connectivity index (χ3n) is 5.10. The van der Waals surface area contributed by atoms with Crippen LogP contribution in [0.25, 0.3) is 0 Å². The van der Waals surface area contributed by atoms with Gasteiger partial charge in [0.15, 0.2) is 0 Å². The van der Waals surface area contributed by atoms with Crippen LogP contribution in [0.2, 0.25) is 0 Å². The standard InChI is InChI=1S/C12H20N2O/c1-3-15-4-2-12(1)7-14(8-12)11-9-5-13-6-10(9)11/h9-11,13H,1-8H2. The molecule has 3 saturated heterocycles. The Bertz CT molecular complexity index is 257. The van der Waals surface area contributed by atoms with E-state index in [9.17, 15) is 0 Å². The van der Waals surface area contributed by atoms with Gasteiger partial charge in [-0.25, -0.2) is 0 Å². The number of rotatable bonds is 1. The van der Waals surface area contributed by atoms with Crippen molar-refractivity contribution in [3.8, 4) is 0 Å². The van der Waals surface area contributed by atoms with Crippen molar-refractivity contribution in [2.45, 2.75) is 18.9 Å². The number of fused-ring (bicyclic) bond motifs is 1. The first-order valence-corrected chi connectivity index (χ1v) is 6.41. The fourth-order valence-corrected chi connectivity index (χ4v) is 4.07. The molecule has 4 fully saturated rings. The van der Waals surface area contributed by atoms with Gasteiger partial charge < -0.3 is 10.1 Å². The zero-order chi connectivity index (χ0) is 9.88. The van der Waals surface area contributed by atoms with Gasteiger partial charge in [-0.2, -0.15) is 0 Å². The molecule has 0 radical (unpaired) electrons. The van der Waals surface area contributed by atoms with Crippen LogP contribution in [0.5, 0.6) is 0 Å². The molecule has 1 saturated carbocycles. The molecule has 1 spiro atoms. The highest BCUT2D eigenvalue weighted by Crippen LogP contribution is 2.52. The zero-order valence-corrected chi connectivity index (χ0v) is 9.24. The van der Waals surface area contributed by atoms with Crippen molar-refractivity contribution in [1.29, 1.82) is 0 Å². The molecule has 4 rings (SSSR count). The van der Waals surface area contributed by atoms with Crippen molar-refractivity contribution in [3.05, 3.63) is 0 Å². The van der Waals surface area contributed by atoms with Gasteiger partial charge in [-0.3, -0.25) is 4.90 Å². The molecule has 3 aliphatic heterocycles. The van der Waals surface area contributed by atoms with E-state index in [2.05, 4.69) is 10.2 Å². The topological polar surface area (TPSA) is 24.5 Å². The van der Waals surface area contributed by atoms with Gasteiger partial charge in [0, 0.05) is 37.8 Å². The highest BCUT2D eigenvalue weighted by Gasteiger charge is 2.60. The lowest BCUT2D eigenvalue weighted by Crippen LogP contribution is -2.60. The van der Waals surface area contributed by atoms with Crippen molar-refractivity contribution < 1.29 is 4.74 Å². The quantitative estimate of drug-likeness (QED) is 0.671. The summed E-state index contributed by atoms with van der Waals surface area (Å²) in [5.41, 5.74) is 0.669. The smallest absolute Gasteiger partial charge is 0.0472 e. The Morgan fingerprint density at radius 3 is 2.40 bits per heavy atom. The van der Waals surface area contributed by atoms with Crippen LogP contribution in [0.1, 0.15) is 12.8 Å². The molecule has 84 valence electrons. The third-order valence-corrected chi connectivity index (χ3v) is 5.10. The van der Waals surface area contributed by atoms with Gasteiger partial charge in [0.2, 0.25) is 0 Å². The maximum Gasteiger partial charge on any atom is 0.0472 e. The summed E-state index contributed by atoms with van der Waals surface area (Å²) < 4.78 is 5.46. The Kier molecular flexibility index (Phi) is 1.77. The normalized spacial score (nSPS) is 47.6. The Balaban J connectivity index is 1.36. The third kappa shape index (κ3) is 1.23. The predicted molar refractivity (Wildman–Crippen MR) is 57.7 cm³/mol. The van der Waals surface area contributed by atoms with Crippen molar-refractivity contribution in [2.75, 3.05) is 39.4 Å². The average molecular weight is 208 g/mol. The van der Waals surface area contributed by atoms with E-state index < -0.39 is 0 Å². The molecule has 3 nitrogen and oxygen atoms in total. The number of ether oxygens (including phenoxy) is 1. The molecule has 0 bridgehead atoms. The molecule has 15 heavy (non-hydrogen) atoms. The largest absolute Gasteiger partial charge is 0.381 e. The molecule has 0 aromatic rings. The van der Waals surface area contributed by atoms with Gasteiger partial charge in [0.05, 0.1) is 0 Å². The second kappa shape index (κ2) is 2.96. The van der Waals surface area contributed by atoms with E-state index in [1.807, 2.05) is 0 Å². The monoisotopic (exact) mass is 208 g/mol. The second-order valence-corrected chi connectivity index (χ2v) is 5.99. The summed E-state index contributed by atoms with van der Waals surface area (Å²) in [7, 11) is 0. The number of hydrogen-bond donors (Lipinski definition) is 1. The summed E-state index contributed by atoms with van der Waals surface area (Å²) in [5.74, 6) is 2.00. The average Bonchev–Trinajstić information content (AvgIpc) is 2.69. The number of nitrogens with zero attached hydrogens (tertiary/aromatic N) is 1. The van der Waals surface area contributed by atoms with Gasteiger partial charge in [0.25, 0.3) is 0 Å². The highest BCUT2D eigenvalue weighted by molar-refractivity contribution is 5.14. The molecule has 3 heterocycles. The highest BCUT2D eigenvalue weighted by atomic mass is 16.5. The fraction of sp³-hybridized carbons (Fsp3) is 1.00. The molecule has 0 aromatic carbocycles. The van der Waals surface area contributed by atoms with Crippen LogP contribution in [0.15, 0.2) is 0 Å². The van der Waals surface area contributed by atoms with Crippen LogP contribution in [-0.2, 0) is 4.74 Å². The van der Waals surface area contributed by atoms with Gasteiger partial charge in [-0.15, -0.1) is 0 Å². The SMILES string of the molecule is C1CC2(CCO1)CN(C1C3CNCC31)C2. The van der Waals surface area contributed by atoms with E-state index in [-0.39, 0.29) is 0 Å². The molecule has 0 aromatic heterocycles. The minimum absolute atomic E-state index is 0.669. The summed E-state index contributed by atoms with van der Waals surface area (Å²) in [6.45, 7) is 7.31. The second-order valence-electron chi connectivity index (χ2n) is 5.99. The molecular formula is C12H20N2O. The minimum Gasteiger partial charge on any atom is -0.381 e. The Morgan fingerprint density at radius 2 is 1.73 bits per heavy atom. The van der Waals surface area contributed by atoms with E-state index in [0.29, 0.717) is 5.41 Å². The zero-order valence-electron chi connectivity index (χ0n) is 9.24. The molecule has 2 atom stereocenters. The lowest BCUT2D eigenvalue weighted by atomic mass is 9.73. The molecule has 1 N–H and O–H groups in total. The molecule has 1 aliphatic carbocycles. The number of nitrogens with one attached hydrogen (secondary N) is 1. The lowest BCUT2D eigenvalue weighted by molar-refractivity contribution is -0.0876. The maximum atomic E-state index is 5.46. The van der Waals surface area contributed by atoms with Crippen LogP contribution in [-0.4, -0.2) is 50.3 Å². The first-order valence-electron chi connectivity index (χ1n) is 6.41. The Labute approximate surface area is 91.2 Å². The molecule has 3 heteroatoms. The van der Waals surface area contributed by atoms with Crippen molar-refractivity contribution in [1.82, 2.24) is 10.2 Å². The van der Waals surface area contributed by atoms with Crippen LogP contribution < -0.4 is 5.32 Å². The van der Waals surface area contributed by atoms with Crippen LogP contribution in [0, 0.1) is 17.3 Å². The summed E-state index contributed by atoms with van der Waals surface area (Å²) in [5, 5.41) is 3.48. The minimum atomic E-state index is 0.669. The predicted octanol–water partition coefficient (Wildman–Crippen LogP) is 0.317. The van der Waals surface area contributed by atoms with Crippen molar-refractivity contribution in [3.63, 3.8) is 0 Å². The Hall–Kier alpha value is -0.120. The van der Waals surface area contributed by atoms with Gasteiger partial charge >= 0.3 is 0 Å². The maximum absolute atomic E-state index is 5.46. The van der Waals surface area contributed by atoms with Crippen LogP contribution in [0.3, 0.4) is 0 Å². The van der Waals surface area contributed by atoms with Crippen molar-refractivity contribution >= 4 is 0 Å². The lowest BCUT2D eigenvalue weighted by Gasteiger charge is -2.53. The molecule has 0 amide bonds.